The minimum atomic E-state index is 0.951. The Balaban J connectivity index is 1.59. The van der Waals surface area contributed by atoms with Gasteiger partial charge in [-0.3, -0.25) is 0 Å². The molecular weight excluding hydrogens is 418 g/mol. The molecule has 0 aliphatic heterocycles. The molecule has 0 N–H and O–H groups in total. The molecule has 0 atom stereocenters. The van der Waals surface area contributed by atoms with Crippen LogP contribution in [-0.2, 0) is 7.05 Å². The average molecular weight is 437 g/mol. The second-order valence-electron chi connectivity index (χ2n) is 8.13. The van der Waals surface area contributed by atoms with Gasteiger partial charge in [0.1, 0.15) is 22.9 Å². The van der Waals surface area contributed by atoms with Crippen LogP contribution in [0.1, 0.15) is 5.56 Å². The van der Waals surface area contributed by atoms with Crippen LogP contribution in [0, 0.1) is 6.92 Å². The van der Waals surface area contributed by atoms with Crippen molar-refractivity contribution in [3.8, 4) is 10.6 Å². The third kappa shape index (κ3) is 2.34. The molecule has 0 fully saturated rings. The lowest BCUT2D eigenvalue weighted by molar-refractivity contribution is -0.627. The first-order valence-electron chi connectivity index (χ1n) is 10.3. The fourth-order valence-electron chi connectivity index (χ4n) is 4.69. The molecule has 0 saturated heterocycles. The van der Waals surface area contributed by atoms with E-state index in [1.54, 1.807) is 0 Å². The van der Waals surface area contributed by atoms with E-state index in [4.69, 9.17) is 4.42 Å². The van der Waals surface area contributed by atoms with E-state index in [0.717, 1.165) is 11.2 Å². The molecule has 0 amide bonds. The number of thiophene rings is 1. The summed E-state index contributed by atoms with van der Waals surface area (Å²) in [4.78, 5) is 1.32. The summed E-state index contributed by atoms with van der Waals surface area (Å²) >= 11 is 3.73. The predicted octanol–water partition coefficient (Wildman–Crippen LogP) is 7.97. The van der Waals surface area contributed by atoms with Crippen LogP contribution in [0.25, 0.3) is 62.9 Å². The van der Waals surface area contributed by atoms with Crippen LogP contribution in [-0.4, -0.2) is 0 Å². The molecule has 0 unspecified atom stereocenters. The number of fused-ring (bicyclic) bond motifs is 7. The monoisotopic (exact) mass is 436 g/mol. The number of aryl methyl sites for hydroxylation is 2. The summed E-state index contributed by atoms with van der Waals surface area (Å²) in [5.74, 6) is 0. The predicted molar refractivity (Wildman–Crippen MR) is 133 cm³/mol. The second kappa shape index (κ2) is 6.16. The molecule has 0 spiro atoms. The maximum Gasteiger partial charge on any atom is 0.281 e. The van der Waals surface area contributed by atoms with Crippen LogP contribution < -0.4 is 4.57 Å². The van der Waals surface area contributed by atoms with Crippen LogP contribution in [0.4, 0.5) is 0 Å². The highest BCUT2D eigenvalue weighted by Crippen LogP contribution is 2.43. The van der Waals surface area contributed by atoms with Crippen molar-refractivity contribution in [1.82, 2.24) is 0 Å². The van der Waals surface area contributed by atoms with Crippen molar-refractivity contribution in [3.63, 3.8) is 0 Å². The van der Waals surface area contributed by atoms with Gasteiger partial charge in [-0.25, -0.2) is 0 Å². The fourth-order valence-corrected chi connectivity index (χ4v) is 7.42. The number of hydrogen-bond donors (Lipinski definition) is 0. The number of furan rings is 1. The largest absolute Gasteiger partial charge is 0.455 e. The SMILES string of the molecule is Cc1ccc2c(oc3cc4ccccc4cc32)c1-c1sc2c3ccccc3sc2[n+]1C. The van der Waals surface area contributed by atoms with E-state index in [9.17, 15) is 0 Å². The zero-order valence-electron chi connectivity index (χ0n) is 17.1. The molecule has 3 aromatic heterocycles. The van der Waals surface area contributed by atoms with Gasteiger partial charge < -0.3 is 4.42 Å². The zero-order valence-corrected chi connectivity index (χ0v) is 18.7. The molecule has 0 saturated carbocycles. The summed E-state index contributed by atoms with van der Waals surface area (Å²) < 4.78 is 11.6. The molecule has 0 radical (unpaired) electrons. The van der Waals surface area contributed by atoms with E-state index in [0.29, 0.717) is 0 Å². The number of aromatic nitrogens is 1. The molecule has 3 heterocycles. The molecule has 0 aliphatic rings. The molecule has 7 aromatic rings. The normalized spacial score (nSPS) is 12.2. The summed E-state index contributed by atoms with van der Waals surface area (Å²) in [6, 6.07) is 26.0. The van der Waals surface area contributed by atoms with Crippen LogP contribution >= 0.6 is 22.7 Å². The lowest BCUT2D eigenvalue weighted by atomic mass is 10.0. The molecule has 0 aliphatic carbocycles. The Morgan fingerprint density at radius 3 is 2.42 bits per heavy atom. The highest BCUT2D eigenvalue weighted by Gasteiger charge is 2.27. The summed E-state index contributed by atoms with van der Waals surface area (Å²) in [7, 11) is 2.18. The minimum absolute atomic E-state index is 0.951. The second-order valence-corrected chi connectivity index (χ2v) is 10.2. The Hall–Kier alpha value is -3.21. The Labute approximate surface area is 186 Å². The number of rotatable bonds is 1. The van der Waals surface area contributed by atoms with Crippen molar-refractivity contribution in [1.29, 1.82) is 0 Å². The number of hydrogen-bond acceptors (Lipinski definition) is 3. The summed E-state index contributed by atoms with van der Waals surface area (Å²) in [6.07, 6.45) is 0. The van der Waals surface area contributed by atoms with Crippen LogP contribution in [0.15, 0.2) is 77.2 Å². The Morgan fingerprint density at radius 2 is 1.55 bits per heavy atom. The third-order valence-electron chi connectivity index (χ3n) is 6.27. The zero-order chi connectivity index (χ0) is 20.7. The van der Waals surface area contributed by atoms with E-state index in [1.807, 2.05) is 22.7 Å². The first-order chi connectivity index (χ1) is 15.2. The molecule has 4 aromatic carbocycles. The average Bonchev–Trinajstić information content (AvgIpc) is 3.43. The molecule has 0 bridgehead atoms. The Bertz CT molecular complexity index is 1820. The van der Waals surface area contributed by atoms with Crippen molar-refractivity contribution in [3.05, 3.63) is 78.4 Å². The highest BCUT2D eigenvalue weighted by atomic mass is 32.1. The van der Waals surface area contributed by atoms with E-state index in [2.05, 4.69) is 91.3 Å². The lowest BCUT2D eigenvalue weighted by Gasteiger charge is -2.02. The first-order valence-corrected chi connectivity index (χ1v) is 12.0. The van der Waals surface area contributed by atoms with E-state index < -0.39 is 0 Å². The van der Waals surface area contributed by atoms with Gasteiger partial charge >= 0.3 is 0 Å². The van der Waals surface area contributed by atoms with Gasteiger partial charge in [0.2, 0.25) is 0 Å². The maximum absolute atomic E-state index is 6.54. The van der Waals surface area contributed by atoms with Gasteiger partial charge in [0, 0.05) is 20.9 Å². The standard InChI is InChI=1S/C27H18NOS2/c1-15-11-12-18-20-13-16-7-3-4-8-17(16)14-21(20)29-24(18)23(15)26-28(2)27-25(31-26)19-9-5-6-10-22(19)30-27/h3-14H,1-2H3/q+1. The molecule has 4 heteroatoms. The Morgan fingerprint density at radius 1 is 0.774 bits per heavy atom. The van der Waals surface area contributed by atoms with Gasteiger partial charge in [0.25, 0.3) is 9.84 Å². The Kier molecular flexibility index (Phi) is 3.47. The van der Waals surface area contributed by atoms with Gasteiger partial charge in [0.05, 0.1) is 0 Å². The summed E-state index contributed by atoms with van der Waals surface area (Å²) in [5.41, 5.74) is 4.38. The number of benzene rings is 4. The highest BCUT2D eigenvalue weighted by molar-refractivity contribution is 7.32. The summed E-state index contributed by atoms with van der Waals surface area (Å²) in [6.45, 7) is 2.18. The van der Waals surface area contributed by atoms with E-state index >= 15 is 0 Å². The van der Waals surface area contributed by atoms with E-state index in [-0.39, 0.29) is 0 Å². The minimum Gasteiger partial charge on any atom is -0.455 e. The first kappa shape index (κ1) is 17.5. The quantitative estimate of drug-likeness (QED) is 0.239. The van der Waals surface area contributed by atoms with Crippen molar-refractivity contribution in [2.75, 3.05) is 0 Å². The van der Waals surface area contributed by atoms with Gasteiger partial charge in [-0.15, -0.1) is 0 Å². The van der Waals surface area contributed by atoms with Crippen molar-refractivity contribution < 1.29 is 8.98 Å². The van der Waals surface area contributed by atoms with E-state index in [1.165, 1.54) is 57.3 Å². The van der Waals surface area contributed by atoms with Crippen LogP contribution in [0.3, 0.4) is 0 Å². The molecule has 148 valence electrons. The van der Waals surface area contributed by atoms with Crippen molar-refractivity contribution >= 4 is 75.0 Å². The third-order valence-corrected chi connectivity index (χ3v) is 8.94. The number of thiazole rings is 1. The van der Waals surface area contributed by atoms with Gasteiger partial charge in [-0.05, 0) is 41.5 Å². The summed E-state index contributed by atoms with van der Waals surface area (Å²) in [5, 5.41) is 7.41. The van der Waals surface area contributed by atoms with Gasteiger partial charge in [0.15, 0.2) is 5.58 Å². The van der Waals surface area contributed by atoms with Crippen molar-refractivity contribution in [2.24, 2.45) is 7.05 Å². The van der Waals surface area contributed by atoms with Crippen molar-refractivity contribution in [2.45, 2.75) is 6.92 Å². The molecule has 2 nitrogen and oxygen atoms in total. The van der Waals surface area contributed by atoms with Crippen LogP contribution in [0.5, 0.6) is 0 Å². The molecule has 7 rings (SSSR count). The maximum atomic E-state index is 6.54. The fraction of sp³-hybridized carbons (Fsp3) is 0.0741. The molecule has 31 heavy (non-hydrogen) atoms. The van der Waals surface area contributed by atoms with Gasteiger partial charge in [-0.1, -0.05) is 77.3 Å². The van der Waals surface area contributed by atoms with Crippen LogP contribution in [0.2, 0.25) is 0 Å². The van der Waals surface area contributed by atoms with Gasteiger partial charge in [-0.2, -0.15) is 4.57 Å². The smallest absolute Gasteiger partial charge is 0.281 e. The topological polar surface area (TPSA) is 17.0 Å². The lowest BCUT2D eigenvalue weighted by Crippen LogP contribution is -2.27. The number of nitrogens with zero attached hydrogens (tertiary/aromatic N) is 1. The molecular formula is C27H18NOS2+.